The fourth-order valence-electron chi connectivity index (χ4n) is 7.28. The van der Waals surface area contributed by atoms with Gasteiger partial charge in [-0.1, -0.05) is 0 Å². The van der Waals surface area contributed by atoms with E-state index in [9.17, 15) is 42.6 Å². The maximum atomic E-state index is 16.0. The van der Waals surface area contributed by atoms with E-state index in [2.05, 4.69) is 0 Å². The van der Waals surface area contributed by atoms with Crippen LogP contribution in [0, 0.1) is 29.5 Å². The molecule has 2 unspecified atom stereocenters. The van der Waals surface area contributed by atoms with Crippen LogP contribution >= 0.6 is 0 Å². The van der Waals surface area contributed by atoms with Gasteiger partial charge in [0.05, 0.1) is 23.8 Å². The Kier molecular flexibility index (Phi) is 7.41. The lowest BCUT2D eigenvalue weighted by atomic mass is 9.52. The Labute approximate surface area is 241 Å². The maximum Gasteiger partial charge on any atom is 0.235 e. The van der Waals surface area contributed by atoms with Crippen molar-refractivity contribution in [2.75, 3.05) is 46.5 Å². The van der Waals surface area contributed by atoms with Crippen LogP contribution < -0.4 is 5.73 Å². The number of carbonyl (C=O) groups is 5. The molecule has 13 nitrogen and oxygen atoms in total. The highest BCUT2D eigenvalue weighted by Gasteiger charge is 2.69. The van der Waals surface area contributed by atoms with Gasteiger partial charge in [-0.3, -0.25) is 33.8 Å². The van der Waals surface area contributed by atoms with E-state index in [1.165, 1.54) is 23.3 Å². The minimum absolute atomic E-state index is 0.0358. The molecule has 0 bridgehead atoms. The molecule has 1 aliphatic heterocycles. The highest BCUT2D eigenvalue weighted by Crippen LogP contribution is 2.51. The summed E-state index contributed by atoms with van der Waals surface area (Å²) in [5, 5.41) is 22.4. The van der Waals surface area contributed by atoms with Gasteiger partial charge in [0.25, 0.3) is 0 Å². The SMILES string of the molecule is CN(C)[C@@H]1C(=O)C(C(N)=O)C(=O)[C@@]2(O)C(=O)C3C(=O)c4c(O)cc(CN5CCN(S(C)(=O)=O)CC5)c(F)c4C[C@H]3C[C@@H]12. The van der Waals surface area contributed by atoms with Crippen LogP contribution in [-0.2, 0) is 42.2 Å². The van der Waals surface area contributed by atoms with Gasteiger partial charge in [0.1, 0.15) is 11.6 Å². The molecular formula is C27H33FN4O9S. The number of likely N-dealkylation sites (N-methyl/N-ethyl adjacent to an activating group) is 1. The number of aliphatic hydroxyl groups is 1. The van der Waals surface area contributed by atoms with E-state index in [4.69, 9.17) is 5.73 Å². The number of phenols is 1. The third-order valence-corrected chi connectivity index (χ3v) is 10.6. The molecule has 5 rings (SSSR count). The van der Waals surface area contributed by atoms with Crippen molar-refractivity contribution in [2.24, 2.45) is 29.4 Å². The number of primary amides is 1. The number of rotatable bonds is 5. The summed E-state index contributed by atoms with van der Waals surface area (Å²) in [5.74, 6) is -12.9. The summed E-state index contributed by atoms with van der Waals surface area (Å²) >= 11 is 0. The Morgan fingerprint density at radius 3 is 2.31 bits per heavy atom. The summed E-state index contributed by atoms with van der Waals surface area (Å²) in [7, 11) is -0.405. The van der Waals surface area contributed by atoms with Crippen LogP contribution in [0.1, 0.15) is 27.9 Å². The fraction of sp³-hybridized carbons (Fsp3) is 0.593. The molecule has 1 aromatic rings. The third kappa shape index (κ3) is 4.49. The number of hydrogen-bond donors (Lipinski definition) is 3. The van der Waals surface area contributed by atoms with Crippen molar-refractivity contribution in [3.8, 4) is 5.75 Å². The number of benzene rings is 1. The number of carbonyl (C=O) groups excluding carboxylic acids is 5. The predicted octanol–water partition coefficient (Wildman–Crippen LogP) is -1.92. The number of piperazine rings is 1. The summed E-state index contributed by atoms with van der Waals surface area (Å²) in [6.07, 6.45) is 0.754. The van der Waals surface area contributed by atoms with Crippen LogP contribution in [0.5, 0.6) is 5.75 Å². The molecule has 3 fully saturated rings. The average molecular weight is 609 g/mol. The van der Waals surface area contributed by atoms with Crippen LogP contribution in [0.25, 0.3) is 0 Å². The van der Waals surface area contributed by atoms with E-state index in [1.807, 2.05) is 4.90 Å². The number of fused-ring (bicyclic) bond motifs is 3. The van der Waals surface area contributed by atoms with Crippen molar-refractivity contribution in [1.29, 1.82) is 0 Å². The normalized spacial score (nSPS) is 32.5. The molecule has 0 aromatic heterocycles. The molecule has 6 atom stereocenters. The summed E-state index contributed by atoms with van der Waals surface area (Å²) < 4.78 is 40.9. The number of halogens is 1. The smallest absolute Gasteiger partial charge is 0.235 e. The number of nitrogens with two attached hydrogens (primary N) is 1. The second-order valence-corrected chi connectivity index (χ2v) is 13.9. The first kappa shape index (κ1) is 30.4. The molecule has 2 saturated carbocycles. The average Bonchev–Trinajstić information content (AvgIpc) is 2.88. The molecule has 3 aliphatic carbocycles. The van der Waals surface area contributed by atoms with Crippen molar-refractivity contribution in [2.45, 2.75) is 31.0 Å². The molecule has 1 heterocycles. The molecule has 1 aromatic carbocycles. The molecule has 42 heavy (non-hydrogen) atoms. The lowest BCUT2D eigenvalue weighted by Crippen LogP contribution is -2.74. The summed E-state index contributed by atoms with van der Waals surface area (Å²) in [5.41, 5.74) is 2.03. The predicted molar refractivity (Wildman–Crippen MR) is 143 cm³/mol. The molecular weight excluding hydrogens is 575 g/mol. The van der Waals surface area contributed by atoms with Gasteiger partial charge in [0.2, 0.25) is 15.9 Å². The zero-order chi connectivity index (χ0) is 31.0. The zero-order valence-electron chi connectivity index (χ0n) is 23.4. The number of aromatic hydroxyl groups is 1. The maximum absolute atomic E-state index is 16.0. The Bertz CT molecular complexity index is 1520. The van der Waals surface area contributed by atoms with Gasteiger partial charge in [-0.25, -0.2) is 12.8 Å². The number of ketones is 4. The van der Waals surface area contributed by atoms with Crippen molar-refractivity contribution >= 4 is 39.1 Å². The lowest BCUT2D eigenvalue weighted by Gasteiger charge is -2.52. The van der Waals surface area contributed by atoms with E-state index in [0.717, 1.165) is 12.3 Å². The summed E-state index contributed by atoms with van der Waals surface area (Å²) in [6.45, 7) is 1.11. The minimum Gasteiger partial charge on any atom is -0.507 e. The van der Waals surface area contributed by atoms with Crippen LogP contribution in [0.2, 0.25) is 0 Å². The van der Waals surface area contributed by atoms with E-state index in [-0.39, 0.29) is 43.6 Å². The number of nitrogens with zero attached hydrogens (tertiary/aromatic N) is 3. The van der Waals surface area contributed by atoms with E-state index < -0.39 is 91.5 Å². The number of hydrogen-bond acceptors (Lipinski definition) is 11. The first-order chi connectivity index (χ1) is 19.5. The highest BCUT2D eigenvalue weighted by molar-refractivity contribution is 7.88. The largest absolute Gasteiger partial charge is 0.507 e. The van der Waals surface area contributed by atoms with Gasteiger partial charge in [0, 0.05) is 49.8 Å². The van der Waals surface area contributed by atoms with Crippen molar-refractivity contribution in [3.63, 3.8) is 0 Å². The lowest BCUT2D eigenvalue weighted by molar-refractivity contribution is -0.181. The zero-order valence-corrected chi connectivity index (χ0v) is 24.2. The van der Waals surface area contributed by atoms with Gasteiger partial charge in [0.15, 0.2) is 34.7 Å². The highest BCUT2D eigenvalue weighted by atomic mass is 32.2. The first-order valence-electron chi connectivity index (χ1n) is 13.6. The second-order valence-electron chi connectivity index (χ2n) is 11.9. The van der Waals surface area contributed by atoms with E-state index in [0.29, 0.717) is 13.1 Å². The van der Waals surface area contributed by atoms with Crippen LogP contribution in [0.15, 0.2) is 6.07 Å². The van der Waals surface area contributed by atoms with Crippen molar-refractivity contribution in [3.05, 3.63) is 28.6 Å². The molecule has 228 valence electrons. The number of phenolic OH excluding ortho intramolecular Hbond substituents is 1. The standard InChI is InChI=1S/C27H33FN4O9S/c1-30(2)21-15-9-12-8-14-18(22(34)17(12)24(36)27(15,39)25(37)19(23(21)35)26(29)38)16(33)10-13(20(14)28)11-31-4-6-32(7-5-31)42(3,40)41/h10,12,15,17,19,21,33,39H,4-9,11H2,1-3H3,(H2,29,38)/t12-,15-,17?,19?,21-,27-/m0/s1. The van der Waals surface area contributed by atoms with Gasteiger partial charge in [-0.15, -0.1) is 0 Å². The van der Waals surface area contributed by atoms with Crippen LogP contribution in [0.3, 0.4) is 0 Å². The molecule has 0 spiro atoms. The second kappa shape index (κ2) is 10.3. The Balaban J connectivity index is 1.49. The van der Waals surface area contributed by atoms with Gasteiger partial charge in [-0.05, 0) is 38.9 Å². The molecule has 4 N–H and O–H groups in total. The molecule has 1 saturated heterocycles. The van der Waals surface area contributed by atoms with Gasteiger partial charge in [-0.2, -0.15) is 4.31 Å². The Hall–Kier alpha value is -3.11. The molecule has 15 heteroatoms. The third-order valence-electron chi connectivity index (χ3n) is 9.26. The summed E-state index contributed by atoms with van der Waals surface area (Å²) in [6, 6.07) is -0.155. The number of Topliss-reactive ketones (excluding diaryl/α,β-unsaturated/α-hetero) is 4. The molecule has 4 aliphatic rings. The minimum atomic E-state index is -3.37. The van der Waals surface area contributed by atoms with Crippen molar-refractivity contribution < 1.29 is 47.0 Å². The fourth-order valence-corrected chi connectivity index (χ4v) is 8.11. The quantitative estimate of drug-likeness (QED) is 0.315. The van der Waals surface area contributed by atoms with Gasteiger partial charge < -0.3 is 15.9 Å². The molecule has 1 amide bonds. The number of sulfonamides is 1. The monoisotopic (exact) mass is 608 g/mol. The van der Waals surface area contributed by atoms with Crippen LogP contribution in [0.4, 0.5) is 4.39 Å². The van der Waals surface area contributed by atoms with E-state index >= 15 is 4.39 Å². The van der Waals surface area contributed by atoms with Crippen molar-refractivity contribution in [1.82, 2.24) is 14.1 Å². The summed E-state index contributed by atoms with van der Waals surface area (Å²) in [4.78, 5) is 69.2. The topological polar surface area (TPSA) is 196 Å². The Morgan fingerprint density at radius 1 is 1.14 bits per heavy atom. The number of amides is 1. The van der Waals surface area contributed by atoms with E-state index in [1.54, 1.807) is 0 Å². The van der Waals surface area contributed by atoms with Gasteiger partial charge >= 0.3 is 0 Å². The Morgan fingerprint density at radius 2 is 1.76 bits per heavy atom. The molecule has 0 radical (unpaired) electrons. The van der Waals surface area contributed by atoms with Crippen LogP contribution in [-0.4, -0.2) is 120 Å². The first-order valence-corrected chi connectivity index (χ1v) is 15.4.